The first-order valence-electron chi connectivity index (χ1n) is 7.12. The molecule has 0 amide bonds. The number of nitrogens with one attached hydrogen (secondary N) is 1. The maximum absolute atomic E-state index is 12.2. The van der Waals surface area contributed by atoms with E-state index in [4.69, 9.17) is 19.0 Å². The molecule has 0 aliphatic carbocycles. The summed E-state index contributed by atoms with van der Waals surface area (Å²) in [5.41, 5.74) is 0.556. The molecule has 0 bridgehead atoms. The normalized spacial score (nSPS) is 11.0. The lowest BCUT2D eigenvalue weighted by Crippen LogP contribution is -2.13. The van der Waals surface area contributed by atoms with Crippen molar-refractivity contribution >= 4 is 11.7 Å². The summed E-state index contributed by atoms with van der Waals surface area (Å²) in [7, 11) is 4.01. The smallest absolute Gasteiger partial charge is 0.342 e. The van der Waals surface area contributed by atoms with E-state index in [1.807, 2.05) is 0 Å². The molecule has 0 unspecified atom stereocenters. The van der Waals surface area contributed by atoms with Crippen LogP contribution in [0.4, 0.5) is 0 Å². The van der Waals surface area contributed by atoms with E-state index < -0.39 is 11.5 Å². The lowest BCUT2D eigenvalue weighted by Gasteiger charge is -2.13. The van der Waals surface area contributed by atoms with Crippen LogP contribution in [-0.2, 0) is 9.57 Å². The van der Waals surface area contributed by atoms with Gasteiger partial charge < -0.3 is 19.0 Å². The lowest BCUT2D eigenvalue weighted by atomic mass is 10.0. The van der Waals surface area contributed by atoms with Gasteiger partial charge in [-0.05, 0) is 13.0 Å². The predicted molar refractivity (Wildman–Crippen MR) is 88.5 cm³/mol. The molecule has 9 nitrogen and oxygen atoms in total. The molecule has 2 aromatic rings. The van der Waals surface area contributed by atoms with Crippen molar-refractivity contribution in [3.63, 3.8) is 0 Å². The molecule has 1 heterocycles. The van der Waals surface area contributed by atoms with Crippen LogP contribution in [0.1, 0.15) is 22.8 Å². The van der Waals surface area contributed by atoms with Crippen LogP contribution in [0.2, 0.25) is 0 Å². The molecular weight excluding hydrogens is 330 g/mol. The van der Waals surface area contributed by atoms with Gasteiger partial charge in [-0.1, -0.05) is 17.3 Å². The van der Waals surface area contributed by atoms with Crippen LogP contribution >= 0.6 is 0 Å². The van der Waals surface area contributed by atoms with Gasteiger partial charge in [0.15, 0.2) is 0 Å². The molecule has 0 atom stereocenters. The molecule has 1 aromatic heterocycles. The van der Waals surface area contributed by atoms with Gasteiger partial charge in [-0.15, -0.1) is 0 Å². The molecule has 0 spiro atoms. The van der Waals surface area contributed by atoms with Crippen molar-refractivity contribution in [1.82, 2.24) is 9.97 Å². The van der Waals surface area contributed by atoms with Crippen LogP contribution in [-0.4, -0.2) is 43.0 Å². The van der Waals surface area contributed by atoms with E-state index in [9.17, 15) is 9.59 Å². The zero-order valence-corrected chi connectivity index (χ0v) is 14.2. The summed E-state index contributed by atoms with van der Waals surface area (Å²) in [6.07, 6.45) is 0. The first-order chi connectivity index (χ1) is 12.0. The van der Waals surface area contributed by atoms with Gasteiger partial charge in [0, 0.05) is 5.56 Å². The average molecular weight is 347 g/mol. The van der Waals surface area contributed by atoms with Crippen molar-refractivity contribution in [3.05, 3.63) is 45.7 Å². The van der Waals surface area contributed by atoms with Gasteiger partial charge in [-0.25, -0.2) is 4.79 Å². The zero-order chi connectivity index (χ0) is 18.4. The van der Waals surface area contributed by atoms with E-state index in [0.717, 1.165) is 0 Å². The number of H-pyrrole nitrogens is 1. The minimum Gasteiger partial charge on any atom is -0.481 e. The van der Waals surface area contributed by atoms with E-state index in [-0.39, 0.29) is 23.2 Å². The average Bonchev–Trinajstić information content (AvgIpc) is 2.60. The highest BCUT2D eigenvalue weighted by molar-refractivity contribution is 6.09. The number of esters is 1. The van der Waals surface area contributed by atoms with Crippen LogP contribution in [0.25, 0.3) is 0 Å². The zero-order valence-electron chi connectivity index (χ0n) is 14.2. The Morgan fingerprint density at radius 2 is 2.00 bits per heavy atom. The first-order valence-corrected chi connectivity index (χ1v) is 7.12. The summed E-state index contributed by atoms with van der Waals surface area (Å²) < 4.78 is 15.3. The Hall–Kier alpha value is -3.36. The molecule has 0 radical (unpaired) electrons. The number of hydrogen-bond acceptors (Lipinski definition) is 8. The Kier molecular flexibility index (Phi) is 5.72. The molecule has 1 N–H and O–H groups in total. The molecule has 9 heteroatoms. The fraction of sp³-hybridized carbons (Fsp3) is 0.250. The maximum atomic E-state index is 12.2. The van der Waals surface area contributed by atoms with Crippen molar-refractivity contribution in [3.8, 4) is 17.6 Å². The van der Waals surface area contributed by atoms with E-state index in [2.05, 4.69) is 15.1 Å². The van der Waals surface area contributed by atoms with Crippen molar-refractivity contribution < 1.29 is 23.8 Å². The molecule has 1 aromatic carbocycles. The number of hydrogen-bond donors (Lipinski definition) is 1. The van der Waals surface area contributed by atoms with Gasteiger partial charge in [-0.2, -0.15) is 4.98 Å². The Balaban J connectivity index is 2.56. The number of aromatic nitrogens is 2. The molecule has 0 saturated carbocycles. The van der Waals surface area contributed by atoms with Gasteiger partial charge in [0.1, 0.15) is 18.4 Å². The Morgan fingerprint density at radius 1 is 1.24 bits per heavy atom. The number of rotatable bonds is 6. The molecule has 0 fully saturated rings. The molecule has 2 rings (SSSR count). The van der Waals surface area contributed by atoms with Crippen LogP contribution < -0.4 is 15.0 Å². The van der Waals surface area contributed by atoms with E-state index >= 15 is 0 Å². The summed E-state index contributed by atoms with van der Waals surface area (Å²) in [5, 5.41) is 3.82. The van der Waals surface area contributed by atoms with Gasteiger partial charge in [0.05, 0.1) is 26.0 Å². The lowest BCUT2D eigenvalue weighted by molar-refractivity contribution is 0.0597. The number of oxime groups is 1. The number of carbonyl (C=O) groups is 1. The van der Waals surface area contributed by atoms with Gasteiger partial charge in [-0.3, -0.25) is 9.78 Å². The number of ether oxygens (including phenoxy) is 3. The predicted octanol–water partition coefficient (Wildman–Crippen LogP) is 1.73. The Morgan fingerprint density at radius 3 is 2.64 bits per heavy atom. The van der Waals surface area contributed by atoms with Gasteiger partial charge in [0.25, 0.3) is 5.56 Å². The fourth-order valence-corrected chi connectivity index (χ4v) is 2.09. The highest BCUT2D eigenvalue weighted by Gasteiger charge is 2.21. The quantitative estimate of drug-likeness (QED) is 0.481. The van der Waals surface area contributed by atoms with E-state index in [1.54, 1.807) is 19.1 Å². The first kappa shape index (κ1) is 18.0. The Labute approximate surface area is 143 Å². The number of nitrogens with zero attached hydrogens (tertiary/aromatic N) is 2. The molecule has 0 aliphatic rings. The maximum Gasteiger partial charge on any atom is 0.342 e. The minimum atomic E-state index is -0.638. The van der Waals surface area contributed by atoms with Crippen molar-refractivity contribution in [2.75, 3.05) is 21.3 Å². The Bertz CT molecular complexity index is 859. The molecular formula is C16H17N3O6. The SMILES string of the molecule is CO/N=C(\C)c1cccc(Oc2nc(OC)cc(=O)[nH]2)c1C(=O)OC. The summed E-state index contributed by atoms with van der Waals surface area (Å²) >= 11 is 0. The monoisotopic (exact) mass is 347 g/mol. The van der Waals surface area contributed by atoms with Crippen LogP contribution in [0.3, 0.4) is 0 Å². The topological polar surface area (TPSA) is 112 Å². The third-order valence-electron chi connectivity index (χ3n) is 3.15. The number of methoxy groups -OCH3 is 2. The van der Waals surface area contributed by atoms with E-state index in [1.165, 1.54) is 33.5 Å². The molecule has 25 heavy (non-hydrogen) atoms. The highest BCUT2D eigenvalue weighted by Crippen LogP contribution is 2.27. The standard InChI is InChI=1S/C16H17N3O6/c1-9(19-24-4)10-6-5-7-11(14(10)15(21)23-3)25-16-17-12(20)8-13(18-16)22-2/h5-8H,1-4H3,(H,17,18,20)/b19-9+. The van der Waals surface area contributed by atoms with Crippen molar-refractivity contribution in [2.24, 2.45) is 5.16 Å². The van der Waals surface area contributed by atoms with Crippen LogP contribution in [0, 0.1) is 0 Å². The fourth-order valence-electron chi connectivity index (χ4n) is 2.09. The number of benzene rings is 1. The summed E-state index contributed by atoms with van der Waals surface area (Å²) in [4.78, 5) is 35.0. The third-order valence-corrected chi connectivity index (χ3v) is 3.15. The van der Waals surface area contributed by atoms with Gasteiger partial charge in [0.2, 0.25) is 5.88 Å². The molecule has 132 valence electrons. The number of carbonyl (C=O) groups excluding carboxylic acids is 1. The second-order valence-corrected chi connectivity index (χ2v) is 4.72. The third kappa shape index (κ3) is 4.14. The van der Waals surface area contributed by atoms with Crippen LogP contribution in [0.5, 0.6) is 17.6 Å². The van der Waals surface area contributed by atoms with Gasteiger partial charge >= 0.3 is 12.0 Å². The van der Waals surface area contributed by atoms with Crippen LogP contribution in [0.15, 0.2) is 34.2 Å². The largest absolute Gasteiger partial charge is 0.481 e. The van der Waals surface area contributed by atoms with E-state index in [0.29, 0.717) is 11.3 Å². The minimum absolute atomic E-state index is 0.0756. The second kappa shape index (κ2) is 7.95. The van der Waals surface area contributed by atoms with Crippen molar-refractivity contribution in [2.45, 2.75) is 6.92 Å². The summed E-state index contributed by atoms with van der Waals surface area (Å²) in [6.45, 7) is 1.67. The summed E-state index contributed by atoms with van der Waals surface area (Å²) in [5.74, 6) is -0.431. The molecule has 0 saturated heterocycles. The second-order valence-electron chi connectivity index (χ2n) is 4.72. The summed E-state index contributed by atoms with van der Waals surface area (Å²) in [6, 6.07) is 5.89. The molecule has 0 aliphatic heterocycles. The highest BCUT2D eigenvalue weighted by atomic mass is 16.6. The van der Waals surface area contributed by atoms with Crippen molar-refractivity contribution in [1.29, 1.82) is 0 Å². The number of aromatic amines is 1.